The lowest BCUT2D eigenvalue weighted by molar-refractivity contribution is -0.133. The van der Waals surface area contributed by atoms with Crippen LogP contribution < -0.4 is 10.6 Å². The highest BCUT2D eigenvalue weighted by Gasteiger charge is 2.45. The van der Waals surface area contributed by atoms with Crippen molar-refractivity contribution in [2.45, 2.75) is 45.1 Å². The number of benzene rings is 1. The van der Waals surface area contributed by atoms with Crippen LogP contribution in [0.1, 0.15) is 44.1 Å². The molecule has 0 radical (unpaired) electrons. The van der Waals surface area contributed by atoms with Crippen LogP contribution in [0.4, 0.5) is 10.1 Å². The number of hydrogen-bond donors (Lipinski definition) is 1. The Morgan fingerprint density at radius 3 is 2.29 bits per heavy atom. The summed E-state index contributed by atoms with van der Waals surface area (Å²) in [7, 11) is 0. The Bertz CT molecular complexity index is 574. The Balaban J connectivity index is 1.89. The lowest BCUT2D eigenvalue weighted by Crippen LogP contribution is -2.47. The van der Waals surface area contributed by atoms with Gasteiger partial charge in [0.2, 0.25) is 11.8 Å². The quantitative estimate of drug-likeness (QED) is 0.851. The van der Waals surface area contributed by atoms with Crippen LogP contribution >= 0.6 is 0 Å². The third kappa shape index (κ3) is 2.46. The second-order valence-corrected chi connectivity index (χ2v) is 6.17. The fourth-order valence-corrected chi connectivity index (χ4v) is 3.61. The first kappa shape index (κ1) is 14.2. The zero-order chi connectivity index (χ0) is 15.0. The highest BCUT2D eigenvalue weighted by molar-refractivity contribution is 6.17. The molecule has 0 unspecified atom stereocenters. The molecule has 2 N–H and O–H groups in total. The molecule has 2 amide bonds. The van der Waals surface area contributed by atoms with E-state index in [1.54, 1.807) is 6.07 Å². The first-order chi connectivity index (χ1) is 10.0. The summed E-state index contributed by atoms with van der Waals surface area (Å²) in [5, 5.41) is 0. The van der Waals surface area contributed by atoms with Gasteiger partial charge in [0.15, 0.2) is 0 Å². The first-order valence-corrected chi connectivity index (χ1v) is 7.39. The SMILES string of the molecule is NCc1ccc(N2C(=O)CC3(CCCC3)CC2=O)c(F)c1. The lowest BCUT2D eigenvalue weighted by atomic mass is 9.76. The van der Waals surface area contributed by atoms with E-state index in [4.69, 9.17) is 5.73 Å². The first-order valence-electron chi connectivity index (χ1n) is 7.39. The van der Waals surface area contributed by atoms with Crippen LogP contribution in [-0.2, 0) is 16.1 Å². The molecule has 0 atom stereocenters. The van der Waals surface area contributed by atoms with Crippen molar-refractivity contribution in [3.8, 4) is 0 Å². The van der Waals surface area contributed by atoms with Crippen molar-refractivity contribution in [2.24, 2.45) is 11.1 Å². The molecule has 1 aromatic carbocycles. The lowest BCUT2D eigenvalue weighted by Gasteiger charge is -2.37. The molecule has 5 heteroatoms. The molecule has 112 valence electrons. The third-order valence-electron chi connectivity index (χ3n) is 4.70. The van der Waals surface area contributed by atoms with E-state index in [1.807, 2.05) is 0 Å². The molecule has 1 saturated carbocycles. The maximum atomic E-state index is 14.1. The number of hydrogen-bond acceptors (Lipinski definition) is 3. The summed E-state index contributed by atoms with van der Waals surface area (Å²) in [6.45, 7) is 0.224. The zero-order valence-electron chi connectivity index (χ0n) is 11.9. The van der Waals surface area contributed by atoms with Gasteiger partial charge in [-0.3, -0.25) is 9.59 Å². The third-order valence-corrected chi connectivity index (χ3v) is 4.70. The number of piperidine rings is 1. The minimum Gasteiger partial charge on any atom is -0.326 e. The van der Waals surface area contributed by atoms with E-state index >= 15 is 0 Å². The molecule has 21 heavy (non-hydrogen) atoms. The number of nitrogens with two attached hydrogens (primary N) is 1. The molecule has 4 nitrogen and oxygen atoms in total. The van der Waals surface area contributed by atoms with Gasteiger partial charge in [-0.15, -0.1) is 0 Å². The molecule has 1 spiro atoms. The van der Waals surface area contributed by atoms with Crippen molar-refractivity contribution in [2.75, 3.05) is 4.90 Å². The maximum absolute atomic E-state index is 14.1. The van der Waals surface area contributed by atoms with Crippen LogP contribution in [0.5, 0.6) is 0 Å². The van der Waals surface area contributed by atoms with Crippen LogP contribution in [0.2, 0.25) is 0 Å². The van der Waals surface area contributed by atoms with E-state index in [0.29, 0.717) is 18.4 Å². The van der Waals surface area contributed by atoms with Gasteiger partial charge in [-0.1, -0.05) is 18.9 Å². The average Bonchev–Trinajstić information content (AvgIpc) is 2.87. The molecular formula is C16H19FN2O2. The second kappa shape index (κ2) is 5.22. The highest BCUT2D eigenvalue weighted by Crippen LogP contribution is 2.47. The Kier molecular flexibility index (Phi) is 3.53. The molecule has 1 saturated heterocycles. The molecule has 2 fully saturated rings. The molecule has 1 aromatic rings. The van der Waals surface area contributed by atoms with Gasteiger partial charge in [0, 0.05) is 19.4 Å². The summed E-state index contributed by atoms with van der Waals surface area (Å²) in [6.07, 6.45) is 4.67. The van der Waals surface area contributed by atoms with Crippen LogP contribution in [0, 0.1) is 11.2 Å². The Labute approximate surface area is 123 Å². The Hall–Kier alpha value is -1.75. The summed E-state index contributed by atoms with van der Waals surface area (Å²) in [6, 6.07) is 4.41. The van der Waals surface area contributed by atoms with E-state index in [1.165, 1.54) is 12.1 Å². The number of imide groups is 1. The highest BCUT2D eigenvalue weighted by atomic mass is 19.1. The van der Waals surface area contributed by atoms with Crippen LogP contribution in [0.25, 0.3) is 0 Å². The minimum atomic E-state index is -0.568. The van der Waals surface area contributed by atoms with Crippen molar-refractivity contribution in [1.82, 2.24) is 0 Å². The van der Waals surface area contributed by atoms with Crippen LogP contribution in [0.3, 0.4) is 0 Å². The number of anilines is 1. The Morgan fingerprint density at radius 1 is 1.14 bits per heavy atom. The molecule has 3 rings (SSSR count). The Morgan fingerprint density at radius 2 is 1.76 bits per heavy atom. The molecule has 0 bridgehead atoms. The summed E-state index contributed by atoms with van der Waals surface area (Å²) >= 11 is 0. The standard InChI is InChI=1S/C16H19FN2O2/c17-12-7-11(10-18)3-4-13(12)19-14(20)8-16(9-15(19)21)5-1-2-6-16/h3-4,7H,1-2,5-6,8-10,18H2. The van der Waals surface area contributed by atoms with Gasteiger partial charge in [0.05, 0.1) is 5.69 Å². The summed E-state index contributed by atoms with van der Waals surface area (Å²) in [4.78, 5) is 25.8. The van der Waals surface area contributed by atoms with Crippen molar-refractivity contribution in [1.29, 1.82) is 0 Å². The number of carbonyl (C=O) groups excluding carboxylic acids is 2. The van der Waals surface area contributed by atoms with Crippen molar-refractivity contribution in [3.63, 3.8) is 0 Å². The molecule has 1 aliphatic carbocycles. The number of nitrogens with zero attached hydrogens (tertiary/aromatic N) is 1. The smallest absolute Gasteiger partial charge is 0.234 e. The van der Waals surface area contributed by atoms with Crippen LogP contribution in [0.15, 0.2) is 18.2 Å². The van der Waals surface area contributed by atoms with Gasteiger partial charge in [0.25, 0.3) is 0 Å². The van der Waals surface area contributed by atoms with Gasteiger partial charge in [0.1, 0.15) is 5.82 Å². The fourth-order valence-electron chi connectivity index (χ4n) is 3.61. The van der Waals surface area contributed by atoms with Gasteiger partial charge in [-0.05, 0) is 36.0 Å². The average molecular weight is 290 g/mol. The van der Waals surface area contributed by atoms with Crippen LogP contribution in [-0.4, -0.2) is 11.8 Å². The van der Waals surface area contributed by atoms with E-state index in [0.717, 1.165) is 30.6 Å². The second-order valence-electron chi connectivity index (χ2n) is 6.17. The van der Waals surface area contributed by atoms with Crippen molar-refractivity contribution >= 4 is 17.5 Å². The number of rotatable bonds is 2. The van der Waals surface area contributed by atoms with Gasteiger partial charge in [-0.25, -0.2) is 9.29 Å². The van der Waals surface area contributed by atoms with E-state index < -0.39 is 5.82 Å². The molecule has 1 aliphatic heterocycles. The van der Waals surface area contributed by atoms with E-state index in [-0.39, 0.29) is 29.5 Å². The van der Waals surface area contributed by atoms with Crippen molar-refractivity contribution in [3.05, 3.63) is 29.6 Å². The van der Waals surface area contributed by atoms with Gasteiger partial charge >= 0.3 is 0 Å². The predicted molar refractivity (Wildman–Crippen MR) is 76.9 cm³/mol. The van der Waals surface area contributed by atoms with Gasteiger partial charge < -0.3 is 5.73 Å². The largest absolute Gasteiger partial charge is 0.326 e. The maximum Gasteiger partial charge on any atom is 0.234 e. The molecule has 0 aromatic heterocycles. The predicted octanol–water partition coefficient (Wildman–Crippen LogP) is 2.50. The minimum absolute atomic E-state index is 0.0510. The molecule has 2 aliphatic rings. The van der Waals surface area contributed by atoms with Crippen molar-refractivity contribution < 1.29 is 14.0 Å². The summed E-state index contributed by atoms with van der Waals surface area (Å²) in [5.41, 5.74) is 5.99. The summed E-state index contributed by atoms with van der Waals surface area (Å²) < 4.78 is 14.1. The summed E-state index contributed by atoms with van der Waals surface area (Å²) in [5.74, 6) is -1.14. The normalized spacial score (nSPS) is 21.3. The van der Waals surface area contributed by atoms with Gasteiger partial charge in [-0.2, -0.15) is 0 Å². The number of halogens is 1. The number of carbonyl (C=O) groups is 2. The van der Waals surface area contributed by atoms with E-state index in [2.05, 4.69) is 0 Å². The van der Waals surface area contributed by atoms with E-state index in [9.17, 15) is 14.0 Å². The fraction of sp³-hybridized carbons (Fsp3) is 0.500. The monoisotopic (exact) mass is 290 g/mol. The molecular weight excluding hydrogens is 271 g/mol. The topological polar surface area (TPSA) is 63.4 Å². The molecule has 1 heterocycles. The zero-order valence-corrected chi connectivity index (χ0v) is 11.9. The number of amides is 2.